The third kappa shape index (κ3) is 2.39. The summed E-state index contributed by atoms with van der Waals surface area (Å²) in [5, 5.41) is 7.70. The molecule has 18 heavy (non-hydrogen) atoms. The monoisotopic (exact) mass is 276 g/mol. The summed E-state index contributed by atoms with van der Waals surface area (Å²) in [7, 11) is -3.64. The first-order chi connectivity index (χ1) is 8.46. The lowest BCUT2D eigenvalue weighted by molar-refractivity contribution is -0.136. The molecule has 0 aromatic rings. The number of carboxylic acids is 1. The first kappa shape index (κ1) is 13.8. The van der Waals surface area contributed by atoms with E-state index in [1.165, 1.54) is 4.31 Å². The van der Waals surface area contributed by atoms with E-state index in [1.54, 1.807) is 0 Å². The largest absolute Gasteiger partial charge is 0.480 e. The van der Waals surface area contributed by atoms with Crippen molar-refractivity contribution in [1.29, 1.82) is 0 Å². The standard InChI is InChI=1S/C11H20N2O4S/c1-2-12-6-3-9(4-7-12)13-8-5-10(11(14)15)18(13,16)17/h9-10H,2-8H2,1H3,(H,14,15). The molecule has 7 heteroatoms. The predicted octanol–water partition coefficient (Wildman–Crippen LogP) is -0.0406. The van der Waals surface area contributed by atoms with Crippen molar-refractivity contribution in [2.75, 3.05) is 26.2 Å². The smallest absolute Gasteiger partial charge is 0.323 e. The Bertz CT molecular complexity index is 415. The van der Waals surface area contributed by atoms with Gasteiger partial charge in [-0.15, -0.1) is 0 Å². The van der Waals surface area contributed by atoms with Gasteiger partial charge in [0.2, 0.25) is 10.0 Å². The number of carbonyl (C=O) groups is 1. The molecule has 6 nitrogen and oxygen atoms in total. The Morgan fingerprint density at radius 1 is 1.22 bits per heavy atom. The summed E-state index contributed by atoms with van der Waals surface area (Å²) in [6.07, 6.45) is 1.82. The molecule has 0 radical (unpaired) electrons. The Balaban J connectivity index is 2.05. The van der Waals surface area contributed by atoms with Gasteiger partial charge in [-0.05, 0) is 38.9 Å². The van der Waals surface area contributed by atoms with Crippen molar-refractivity contribution in [1.82, 2.24) is 9.21 Å². The van der Waals surface area contributed by atoms with Crippen LogP contribution in [-0.4, -0.2) is 66.2 Å². The summed E-state index contributed by atoms with van der Waals surface area (Å²) >= 11 is 0. The topological polar surface area (TPSA) is 77.9 Å². The van der Waals surface area contributed by atoms with Crippen molar-refractivity contribution in [2.24, 2.45) is 0 Å². The van der Waals surface area contributed by atoms with E-state index in [-0.39, 0.29) is 12.5 Å². The summed E-state index contributed by atoms with van der Waals surface area (Å²) in [5.74, 6) is -1.22. The van der Waals surface area contributed by atoms with Crippen LogP contribution in [0.25, 0.3) is 0 Å². The van der Waals surface area contributed by atoms with Crippen molar-refractivity contribution in [3.05, 3.63) is 0 Å². The molecule has 104 valence electrons. The molecule has 2 heterocycles. The molecule has 0 spiro atoms. The highest BCUT2D eigenvalue weighted by atomic mass is 32.2. The molecule has 1 atom stereocenters. The number of hydrogen-bond acceptors (Lipinski definition) is 4. The third-order valence-corrected chi connectivity index (χ3v) is 6.28. The molecule has 2 rings (SSSR count). The summed E-state index contributed by atoms with van der Waals surface area (Å²) in [6, 6.07) is -0.0119. The molecule has 0 aromatic carbocycles. The highest BCUT2D eigenvalue weighted by Gasteiger charge is 2.46. The summed E-state index contributed by atoms with van der Waals surface area (Å²) < 4.78 is 25.7. The second-order valence-electron chi connectivity index (χ2n) is 4.94. The molecular formula is C11H20N2O4S. The maximum atomic E-state index is 12.1. The number of aliphatic carboxylic acids is 1. The summed E-state index contributed by atoms with van der Waals surface area (Å²) in [6.45, 7) is 5.22. The number of sulfonamides is 1. The maximum absolute atomic E-state index is 12.1. The van der Waals surface area contributed by atoms with Crippen molar-refractivity contribution < 1.29 is 18.3 Å². The van der Waals surface area contributed by atoms with Crippen LogP contribution in [-0.2, 0) is 14.8 Å². The van der Waals surface area contributed by atoms with Crippen LogP contribution >= 0.6 is 0 Å². The molecule has 2 saturated heterocycles. The Labute approximate surface area is 108 Å². The van der Waals surface area contributed by atoms with Gasteiger partial charge in [0.25, 0.3) is 0 Å². The molecule has 0 bridgehead atoms. The van der Waals surface area contributed by atoms with Crippen LogP contribution in [0.15, 0.2) is 0 Å². The van der Waals surface area contributed by atoms with Gasteiger partial charge in [-0.3, -0.25) is 4.79 Å². The van der Waals surface area contributed by atoms with Crippen molar-refractivity contribution in [3.63, 3.8) is 0 Å². The van der Waals surface area contributed by atoms with Gasteiger partial charge < -0.3 is 10.0 Å². The van der Waals surface area contributed by atoms with Gasteiger partial charge in [-0.2, -0.15) is 4.31 Å². The Kier molecular flexibility index (Phi) is 3.93. The summed E-state index contributed by atoms with van der Waals surface area (Å²) in [5.41, 5.74) is 0. The van der Waals surface area contributed by atoms with Crippen molar-refractivity contribution in [3.8, 4) is 0 Å². The van der Waals surface area contributed by atoms with Crippen molar-refractivity contribution >= 4 is 16.0 Å². The molecule has 2 aliphatic heterocycles. The highest BCUT2D eigenvalue weighted by Crippen LogP contribution is 2.28. The van der Waals surface area contributed by atoms with E-state index < -0.39 is 21.2 Å². The van der Waals surface area contributed by atoms with Crippen LogP contribution in [0.2, 0.25) is 0 Å². The fourth-order valence-corrected chi connectivity index (χ4v) is 4.82. The number of likely N-dealkylation sites (tertiary alicyclic amines) is 1. The molecule has 0 amide bonds. The van der Waals surface area contributed by atoms with Crippen LogP contribution in [0.5, 0.6) is 0 Å². The SMILES string of the molecule is CCN1CCC(N2CCC(C(=O)O)S2(=O)=O)CC1. The molecular weight excluding hydrogens is 256 g/mol. The van der Waals surface area contributed by atoms with Gasteiger partial charge in [0.1, 0.15) is 0 Å². The highest BCUT2D eigenvalue weighted by molar-refractivity contribution is 7.90. The summed E-state index contributed by atoms with van der Waals surface area (Å²) in [4.78, 5) is 13.2. The third-order valence-electron chi connectivity index (χ3n) is 3.99. The zero-order chi connectivity index (χ0) is 13.3. The number of nitrogens with zero attached hydrogens (tertiary/aromatic N) is 2. The second kappa shape index (κ2) is 5.14. The van der Waals surface area contributed by atoms with Gasteiger partial charge in [-0.25, -0.2) is 8.42 Å². The lowest BCUT2D eigenvalue weighted by atomic mass is 10.1. The molecule has 2 aliphatic rings. The number of rotatable bonds is 3. The lowest BCUT2D eigenvalue weighted by Crippen LogP contribution is -2.46. The minimum atomic E-state index is -3.64. The average Bonchev–Trinajstić information content (AvgIpc) is 2.65. The molecule has 0 aromatic heterocycles. The number of hydrogen-bond donors (Lipinski definition) is 1. The van der Waals surface area contributed by atoms with Gasteiger partial charge in [0.05, 0.1) is 0 Å². The van der Waals surface area contributed by atoms with E-state index in [2.05, 4.69) is 11.8 Å². The second-order valence-corrected chi connectivity index (χ2v) is 7.00. The number of piperidine rings is 1. The van der Waals surface area contributed by atoms with Crippen LogP contribution in [0.4, 0.5) is 0 Å². The zero-order valence-corrected chi connectivity index (χ0v) is 11.4. The van der Waals surface area contributed by atoms with Gasteiger partial charge in [0.15, 0.2) is 5.25 Å². The Morgan fingerprint density at radius 2 is 1.83 bits per heavy atom. The minimum absolute atomic E-state index is 0.0119. The molecule has 2 fully saturated rings. The molecule has 1 N–H and O–H groups in total. The fraction of sp³-hybridized carbons (Fsp3) is 0.909. The van der Waals surface area contributed by atoms with E-state index >= 15 is 0 Å². The predicted molar refractivity (Wildman–Crippen MR) is 66.8 cm³/mol. The van der Waals surface area contributed by atoms with Crippen LogP contribution < -0.4 is 0 Å². The lowest BCUT2D eigenvalue weighted by Gasteiger charge is -2.35. The fourth-order valence-electron chi connectivity index (χ4n) is 2.85. The van der Waals surface area contributed by atoms with Crippen molar-refractivity contribution in [2.45, 2.75) is 37.5 Å². The normalized spacial score (nSPS) is 30.6. The quantitative estimate of drug-likeness (QED) is 0.782. The average molecular weight is 276 g/mol. The first-order valence-corrected chi connectivity index (χ1v) is 7.93. The van der Waals surface area contributed by atoms with E-state index in [4.69, 9.17) is 5.11 Å². The van der Waals surface area contributed by atoms with E-state index in [0.29, 0.717) is 6.54 Å². The first-order valence-electron chi connectivity index (χ1n) is 6.42. The molecule has 0 saturated carbocycles. The minimum Gasteiger partial charge on any atom is -0.480 e. The van der Waals surface area contributed by atoms with Crippen LogP contribution in [0.3, 0.4) is 0 Å². The van der Waals surface area contributed by atoms with E-state index in [0.717, 1.165) is 32.5 Å². The van der Waals surface area contributed by atoms with Crippen LogP contribution in [0, 0.1) is 0 Å². The Morgan fingerprint density at radius 3 is 2.28 bits per heavy atom. The Hall–Kier alpha value is -0.660. The zero-order valence-electron chi connectivity index (χ0n) is 10.6. The van der Waals surface area contributed by atoms with E-state index in [9.17, 15) is 13.2 Å². The molecule has 0 aliphatic carbocycles. The molecule has 1 unspecified atom stereocenters. The van der Waals surface area contributed by atoms with Gasteiger partial charge in [-0.1, -0.05) is 6.92 Å². The maximum Gasteiger partial charge on any atom is 0.323 e. The van der Waals surface area contributed by atoms with Gasteiger partial charge >= 0.3 is 5.97 Å². The van der Waals surface area contributed by atoms with Gasteiger partial charge in [0, 0.05) is 12.6 Å². The van der Waals surface area contributed by atoms with Crippen LogP contribution in [0.1, 0.15) is 26.2 Å². The number of carboxylic acid groups (broad SMARTS) is 1. The van der Waals surface area contributed by atoms with E-state index in [1.807, 2.05) is 0 Å².